The Morgan fingerprint density at radius 1 is 1.04 bits per heavy atom. The normalized spacial score (nSPS) is 10.2. The zero-order chi connectivity index (χ0) is 16.7. The molecule has 1 N–H and O–H groups in total. The smallest absolute Gasteiger partial charge is 0.224 e. The summed E-state index contributed by atoms with van der Waals surface area (Å²) in [6.07, 6.45) is 0.186. The van der Waals surface area contributed by atoms with Crippen LogP contribution in [0.2, 0.25) is 0 Å². The second-order valence-electron chi connectivity index (χ2n) is 5.16. The fourth-order valence-electron chi connectivity index (χ4n) is 2.23. The Balaban J connectivity index is 1.84. The largest absolute Gasteiger partial charge is 0.354 e. The molecule has 2 rings (SSSR count). The van der Waals surface area contributed by atoms with Crippen LogP contribution in [0, 0.1) is 5.82 Å². The van der Waals surface area contributed by atoms with Gasteiger partial charge in [-0.25, -0.2) is 4.39 Å². The first-order valence-corrected chi connectivity index (χ1v) is 7.40. The van der Waals surface area contributed by atoms with Crippen LogP contribution in [0.3, 0.4) is 0 Å². The van der Waals surface area contributed by atoms with Gasteiger partial charge < -0.3 is 10.2 Å². The van der Waals surface area contributed by atoms with Gasteiger partial charge in [0.1, 0.15) is 5.82 Å². The van der Waals surface area contributed by atoms with Crippen LogP contribution in [0.1, 0.15) is 12.5 Å². The topological polar surface area (TPSA) is 49.4 Å². The SMILES string of the molecule is CC(=O)N(CCNC(=O)Cc1ccc(F)cc1)c1ccccc1. The fraction of sp³-hybridized carbons (Fsp3) is 0.222. The Bertz CT molecular complexity index is 656. The highest BCUT2D eigenvalue weighted by Crippen LogP contribution is 2.12. The van der Waals surface area contributed by atoms with E-state index in [1.807, 2.05) is 30.3 Å². The molecule has 0 aliphatic carbocycles. The quantitative estimate of drug-likeness (QED) is 0.891. The predicted molar refractivity (Wildman–Crippen MR) is 87.6 cm³/mol. The number of nitrogens with zero attached hydrogens (tertiary/aromatic N) is 1. The third-order valence-corrected chi connectivity index (χ3v) is 3.38. The molecule has 0 atom stereocenters. The minimum Gasteiger partial charge on any atom is -0.354 e. The van der Waals surface area contributed by atoms with Gasteiger partial charge in [0.05, 0.1) is 6.42 Å². The molecule has 0 unspecified atom stereocenters. The summed E-state index contributed by atoms with van der Waals surface area (Å²) in [7, 11) is 0. The fourth-order valence-corrected chi connectivity index (χ4v) is 2.23. The van der Waals surface area contributed by atoms with Gasteiger partial charge in [-0.05, 0) is 29.8 Å². The van der Waals surface area contributed by atoms with Gasteiger partial charge in [0, 0.05) is 25.7 Å². The van der Waals surface area contributed by atoms with Gasteiger partial charge in [-0.15, -0.1) is 0 Å². The maximum atomic E-state index is 12.8. The molecule has 0 aliphatic heterocycles. The van der Waals surface area contributed by atoms with Crippen LogP contribution in [-0.4, -0.2) is 24.9 Å². The average molecular weight is 314 g/mol. The van der Waals surface area contributed by atoms with Crippen molar-refractivity contribution >= 4 is 17.5 Å². The van der Waals surface area contributed by atoms with E-state index in [0.29, 0.717) is 13.1 Å². The van der Waals surface area contributed by atoms with Crippen LogP contribution >= 0.6 is 0 Å². The Labute approximate surface area is 134 Å². The number of halogens is 1. The molecule has 0 spiro atoms. The van der Waals surface area contributed by atoms with E-state index >= 15 is 0 Å². The number of amides is 2. The summed E-state index contributed by atoms with van der Waals surface area (Å²) in [6.45, 7) is 2.25. The van der Waals surface area contributed by atoms with E-state index in [-0.39, 0.29) is 24.1 Å². The molecule has 0 fully saturated rings. The van der Waals surface area contributed by atoms with Crippen molar-refractivity contribution < 1.29 is 14.0 Å². The maximum Gasteiger partial charge on any atom is 0.224 e. The summed E-state index contributed by atoms with van der Waals surface area (Å²) >= 11 is 0. The molecule has 0 saturated heterocycles. The van der Waals surface area contributed by atoms with E-state index in [4.69, 9.17) is 0 Å². The number of carbonyl (C=O) groups excluding carboxylic acids is 2. The molecule has 0 bridgehead atoms. The van der Waals surface area contributed by atoms with Gasteiger partial charge in [0.2, 0.25) is 11.8 Å². The average Bonchev–Trinajstić information content (AvgIpc) is 2.54. The van der Waals surface area contributed by atoms with Gasteiger partial charge >= 0.3 is 0 Å². The lowest BCUT2D eigenvalue weighted by Crippen LogP contribution is -2.38. The lowest BCUT2D eigenvalue weighted by atomic mass is 10.1. The lowest BCUT2D eigenvalue weighted by Gasteiger charge is -2.21. The van der Waals surface area contributed by atoms with Gasteiger partial charge in [-0.2, -0.15) is 0 Å². The Kier molecular flexibility index (Phi) is 5.86. The summed E-state index contributed by atoms with van der Waals surface area (Å²) in [5.74, 6) is -0.564. The van der Waals surface area contributed by atoms with Crippen molar-refractivity contribution in [2.24, 2.45) is 0 Å². The molecule has 0 aliphatic rings. The van der Waals surface area contributed by atoms with Gasteiger partial charge in [-0.1, -0.05) is 30.3 Å². The van der Waals surface area contributed by atoms with Crippen LogP contribution in [0.4, 0.5) is 10.1 Å². The third-order valence-electron chi connectivity index (χ3n) is 3.38. The van der Waals surface area contributed by atoms with Gasteiger partial charge in [-0.3, -0.25) is 9.59 Å². The number of hydrogen-bond donors (Lipinski definition) is 1. The molecule has 2 aromatic carbocycles. The molecule has 2 amide bonds. The van der Waals surface area contributed by atoms with Crippen LogP contribution < -0.4 is 10.2 Å². The molecule has 0 aromatic heterocycles. The van der Waals surface area contributed by atoms with Crippen molar-refractivity contribution in [1.82, 2.24) is 5.32 Å². The first-order valence-electron chi connectivity index (χ1n) is 7.40. The monoisotopic (exact) mass is 314 g/mol. The van der Waals surface area contributed by atoms with Crippen LogP contribution in [0.5, 0.6) is 0 Å². The summed E-state index contributed by atoms with van der Waals surface area (Å²) in [5.41, 5.74) is 1.54. The number of rotatable bonds is 6. The van der Waals surface area contributed by atoms with Crippen molar-refractivity contribution in [1.29, 1.82) is 0 Å². The molecule has 0 radical (unpaired) electrons. The van der Waals surface area contributed by atoms with E-state index in [1.165, 1.54) is 19.1 Å². The Morgan fingerprint density at radius 2 is 1.70 bits per heavy atom. The molecule has 2 aromatic rings. The highest BCUT2D eigenvalue weighted by molar-refractivity contribution is 5.91. The number of anilines is 1. The Hall–Kier alpha value is -2.69. The van der Waals surface area contributed by atoms with Gasteiger partial charge in [0.25, 0.3) is 0 Å². The van der Waals surface area contributed by atoms with E-state index in [2.05, 4.69) is 5.32 Å². The van der Waals surface area contributed by atoms with Crippen LogP contribution in [-0.2, 0) is 16.0 Å². The third kappa shape index (κ3) is 5.21. The van der Waals surface area contributed by atoms with Crippen molar-refractivity contribution in [3.8, 4) is 0 Å². The highest BCUT2D eigenvalue weighted by Gasteiger charge is 2.11. The number of carbonyl (C=O) groups is 2. The van der Waals surface area contributed by atoms with Crippen molar-refractivity contribution in [3.05, 3.63) is 66.0 Å². The number of para-hydroxylation sites is 1. The van der Waals surface area contributed by atoms with E-state index < -0.39 is 0 Å². The van der Waals surface area contributed by atoms with Gasteiger partial charge in [0.15, 0.2) is 0 Å². The van der Waals surface area contributed by atoms with E-state index in [0.717, 1.165) is 11.3 Å². The minimum atomic E-state index is -0.325. The van der Waals surface area contributed by atoms with Crippen molar-refractivity contribution in [2.45, 2.75) is 13.3 Å². The van der Waals surface area contributed by atoms with Crippen LogP contribution in [0.25, 0.3) is 0 Å². The Morgan fingerprint density at radius 3 is 2.30 bits per heavy atom. The zero-order valence-electron chi connectivity index (χ0n) is 13.0. The molecule has 4 nitrogen and oxygen atoms in total. The molecule has 0 heterocycles. The van der Waals surface area contributed by atoms with Crippen molar-refractivity contribution in [3.63, 3.8) is 0 Å². The molecule has 120 valence electrons. The molecular formula is C18H19FN2O2. The number of hydrogen-bond acceptors (Lipinski definition) is 2. The second-order valence-corrected chi connectivity index (χ2v) is 5.16. The maximum absolute atomic E-state index is 12.8. The number of nitrogens with one attached hydrogen (secondary N) is 1. The summed E-state index contributed by atoms with van der Waals surface area (Å²) < 4.78 is 12.8. The molecule has 23 heavy (non-hydrogen) atoms. The summed E-state index contributed by atoms with van der Waals surface area (Å²) in [5, 5.41) is 2.77. The van der Waals surface area contributed by atoms with Crippen LogP contribution in [0.15, 0.2) is 54.6 Å². The summed E-state index contributed by atoms with van der Waals surface area (Å²) in [4.78, 5) is 25.2. The molecule has 0 saturated carbocycles. The standard InChI is InChI=1S/C18H19FN2O2/c1-14(22)21(17-5-3-2-4-6-17)12-11-20-18(23)13-15-7-9-16(19)10-8-15/h2-10H,11-13H2,1H3,(H,20,23). The molecule has 5 heteroatoms. The predicted octanol–water partition coefficient (Wildman–Crippen LogP) is 2.54. The zero-order valence-corrected chi connectivity index (χ0v) is 13.0. The second kappa shape index (κ2) is 8.08. The first-order chi connectivity index (χ1) is 11.1. The van der Waals surface area contributed by atoms with E-state index in [9.17, 15) is 14.0 Å². The van der Waals surface area contributed by atoms with Crippen molar-refractivity contribution in [2.75, 3.05) is 18.0 Å². The number of benzene rings is 2. The minimum absolute atomic E-state index is 0.0796. The lowest BCUT2D eigenvalue weighted by molar-refractivity contribution is -0.121. The van der Waals surface area contributed by atoms with E-state index in [1.54, 1.807) is 17.0 Å². The molecular weight excluding hydrogens is 295 g/mol. The summed E-state index contributed by atoms with van der Waals surface area (Å²) in [6, 6.07) is 15.1. The highest BCUT2D eigenvalue weighted by atomic mass is 19.1. The first kappa shape index (κ1) is 16.7.